The SMILES string of the molecule is C=C(Cc1cccc2ccccc12)c1cccc2ccccc12. The van der Waals surface area contributed by atoms with Crippen LogP contribution in [0, 0.1) is 0 Å². The Labute approximate surface area is 136 Å². The molecule has 0 aromatic heterocycles. The quantitative estimate of drug-likeness (QED) is 0.419. The van der Waals surface area contributed by atoms with Crippen LogP contribution in [0.4, 0.5) is 0 Å². The van der Waals surface area contributed by atoms with Crippen molar-refractivity contribution in [3.05, 3.63) is 103 Å². The average molecular weight is 294 g/mol. The van der Waals surface area contributed by atoms with Gasteiger partial charge in [-0.2, -0.15) is 0 Å². The van der Waals surface area contributed by atoms with Crippen molar-refractivity contribution >= 4 is 27.1 Å². The van der Waals surface area contributed by atoms with Gasteiger partial charge < -0.3 is 0 Å². The molecule has 4 aromatic carbocycles. The second kappa shape index (κ2) is 5.73. The van der Waals surface area contributed by atoms with E-state index in [0.717, 1.165) is 12.0 Å². The zero-order chi connectivity index (χ0) is 15.6. The van der Waals surface area contributed by atoms with E-state index < -0.39 is 0 Å². The molecule has 0 aliphatic carbocycles. The summed E-state index contributed by atoms with van der Waals surface area (Å²) in [5.41, 5.74) is 3.75. The number of rotatable bonds is 3. The maximum atomic E-state index is 4.38. The molecule has 110 valence electrons. The van der Waals surface area contributed by atoms with E-state index in [4.69, 9.17) is 0 Å². The van der Waals surface area contributed by atoms with Gasteiger partial charge in [-0.25, -0.2) is 0 Å². The van der Waals surface area contributed by atoms with E-state index in [0.29, 0.717) is 0 Å². The van der Waals surface area contributed by atoms with Crippen molar-refractivity contribution < 1.29 is 0 Å². The minimum absolute atomic E-state index is 0.870. The summed E-state index contributed by atoms with van der Waals surface area (Å²) in [4.78, 5) is 0. The summed E-state index contributed by atoms with van der Waals surface area (Å²) in [6, 6.07) is 30.0. The molecule has 0 heterocycles. The van der Waals surface area contributed by atoms with Crippen molar-refractivity contribution in [2.24, 2.45) is 0 Å². The van der Waals surface area contributed by atoms with E-state index in [1.54, 1.807) is 0 Å². The van der Waals surface area contributed by atoms with Gasteiger partial charge in [0.1, 0.15) is 0 Å². The molecule has 0 unspecified atom stereocenters. The summed E-state index contributed by atoms with van der Waals surface area (Å²) in [5, 5.41) is 5.15. The van der Waals surface area contributed by atoms with Gasteiger partial charge >= 0.3 is 0 Å². The van der Waals surface area contributed by atoms with Gasteiger partial charge in [0.2, 0.25) is 0 Å². The fourth-order valence-electron chi connectivity index (χ4n) is 3.31. The van der Waals surface area contributed by atoms with Gasteiger partial charge in [-0.15, -0.1) is 0 Å². The average Bonchev–Trinajstić information content (AvgIpc) is 2.61. The van der Waals surface area contributed by atoms with Crippen LogP contribution in [0.25, 0.3) is 27.1 Å². The molecule has 0 nitrogen and oxygen atoms in total. The highest BCUT2D eigenvalue weighted by atomic mass is 14.1. The Hall–Kier alpha value is -2.86. The minimum atomic E-state index is 0.870. The van der Waals surface area contributed by atoms with Crippen molar-refractivity contribution in [3.8, 4) is 0 Å². The highest BCUT2D eigenvalue weighted by Gasteiger charge is 2.07. The number of hydrogen-bond donors (Lipinski definition) is 0. The first kappa shape index (κ1) is 13.8. The minimum Gasteiger partial charge on any atom is -0.0949 e. The first-order valence-electron chi connectivity index (χ1n) is 7.95. The summed E-state index contributed by atoms with van der Waals surface area (Å²) in [6.45, 7) is 4.38. The number of fused-ring (bicyclic) bond motifs is 2. The molecule has 0 bridgehead atoms. The van der Waals surface area contributed by atoms with Crippen LogP contribution in [0.1, 0.15) is 11.1 Å². The molecule has 0 amide bonds. The second-order valence-electron chi connectivity index (χ2n) is 5.95. The van der Waals surface area contributed by atoms with E-state index in [1.165, 1.54) is 32.7 Å². The van der Waals surface area contributed by atoms with Crippen LogP contribution in [-0.4, -0.2) is 0 Å². The molecule has 0 aliphatic heterocycles. The zero-order valence-corrected chi connectivity index (χ0v) is 13.0. The first-order chi connectivity index (χ1) is 11.3. The van der Waals surface area contributed by atoms with Gasteiger partial charge in [-0.3, -0.25) is 0 Å². The molecule has 4 aromatic rings. The largest absolute Gasteiger partial charge is 0.0949 e. The van der Waals surface area contributed by atoms with E-state index >= 15 is 0 Å². The van der Waals surface area contributed by atoms with Gasteiger partial charge in [0.15, 0.2) is 0 Å². The van der Waals surface area contributed by atoms with Gasteiger partial charge in [0, 0.05) is 0 Å². The maximum Gasteiger partial charge on any atom is -0.00193 e. The Balaban J connectivity index is 1.77. The zero-order valence-electron chi connectivity index (χ0n) is 13.0. The molecular weight excluding hydrogens is 276 g/mol. The number of hydrogen-bond acceptors (Lipinski definition) is 0. The van der Waals surface area contributed by atoms with Crippen LogP contribution in [-0.2, 0) is 6.42 Å². The molecule has 0 heteroatoms. The van der Waals surface area contributed by atoms with Crippen LogP contribution < -0.4 is 0 Å². The number of allylic oxidation sites excluding steroid dienone is 1. The molecule has 0 saturated heterocycles. The summed E-state index contributed by atoms with van der Waals surface area (Å²) >= 11 is 0. The molecule has 0 saturated carbocycles. The predicted octanol–water partition coefficient (Wildman–Crippen LogP) is 6.25. The summed E-state index contributed by atoms with van der Waals surface area (Å²) in [7, 11) is 0. The standard InChI is InChI=1S/C23H18/c1-17(21-15-7-11-19-9-3-5-14-23(19)21)16-20-12-6-10-18-8-2-4-13-22(18)20/h2-15H,1,16H2. The lowest BCUT2D eigenvalue weighted by Crippen LogP contribution is -1.92. The third-order valence-corrected chi connectivity index (χ3v) is 4.45. The van der Waals surface area contributed by atoms with Crippen LogP contribution in [0.5, 0.6) is 0 Å². The van der Waals surface area contributed by atoms with Gasteiger partial charge in [-0.1, -0.05) is 91.5 Å². The molecule has 0 aliphatic rings. The Bertz CT molecular complexity index is 998. The van der Waals surface area contributed by atoms with Crippen LogP contribution in [0.2, 0.25) is 0 Å². The summed E-state index contributed by atoms with van der Waals surface area (Å²) in [5.74, 6) is 0. The highest BCUT2D eigenvalue weighted by Crippen LogP contribution is 2.28. The van der Waals surface area contributed by atoms with Crippen molar-refractivity contribution in [1.29, 1.82) is 0 Å². The van der Waals surface area contributed by atoms with E-state index in [1.807, 2.05) is 0 Å². The molecule has 0 fully saturated rings. The van der Waals surface area contributed by atoms with Crippen molar-refractivity contribution in [2.45, 2.75) is 6.42 Å². The van der Waals surface area contributed by atoms with Crippen LogP contribution in [0.15, 0.2) is 91.5 Å². The molecule has 0 radical (unpaired) electrons. The van der Waals surface area contributed by atoms with E-state index in [-0.39, 0.29) is 0 Å². The van der Waals surface area contributed by atoms with Crippen LogP contribution in [0.3, 0.4) is 0 Å². The Morgan fingerprint density at radius 1 is 0.609 bits per heavy atom. The molecular formula is C23H18. The van der Waals surface area contributed by atoms with Gasteiger partial charge in [0.25, 0.3) is 0 Å². The Morgan fingerprint density at radius 3 is 1.96 bits per heavy atom. The lowest BCUT2D eigenvalue weighted by molar-refractivity contribution is 1.32. The third-order valence-electron chi connectivity index (χ3n) is 4.45. The Morgan fingerprint density at radius 2 is 1.17 bits per heavy atom. The summed E-state index contributed by atoms with van der Waals surface area (Å²) in [6.07, 6.45) is 0.870. The van der Waals surface area contributed by atoms with Crippen molar-refractivity contribution in [3.63, 3.8) is 0 Å². The molecule has 0 spiro atoms. The third kappa shape index (κ3) is 2.53. The fourth-order valence-corrected chi connectivity index (χ4v) is 3.31. The molecule has 0 atom stereocenters. The van der Waals surface area contributed by atoms with E-state index in [2.05, 4.69) is 91.5 Å². The summed E-state index contributed by atoms with van der Waals surface area (Å²) < 4.78 is 0. The molecule has 23 heavy (non-hydrogen) atoms. The normalized spacial score (nSPS) is 11.0. The fraction of sp³-hybridized carbons (Fsp3) is 0.0435. The lowest BCUT2D eigenvalue weighted by Gasteiger charge is -2.12. The second-order valence-corrected chi connectivity index (χ2v) is 5.95. The topological polar surface area (TPSA) is 0 Å². The van der Waals surface area contributed by atoms with Crippen molar-refractivity contribution in [2.75, 3.05) is 0 Å². The molecule has 0 N–H and O–H groups in total. The monoisotopic (exact) mass is 294 g/mol. The highest BCUT2D eigenvalue weighted by molar-refractivity contribution is 5.95. The van der Waals surface area contributed by atoms with Crippen molar-refractivity contribution in [1.82, 2.24) is 0 Å². The lowest BCUT2D eigenvalue weighted by atomic mass is 9.93. The molecule has 4 rings (SSSR count). The van der Waals surface area contributed by atoms with E-state index in [9.17, 15) is 0 Å². The smallest absolute Gasteiger partial charge is 0.00193 e. The van der Waals surface area contributed by atoms with Gasteiger partial charge in [-0.05, 0) is 44.7 Å². The number of benzene rings is 4. The van der Waals surface area contributed by atoms with Gasteiger partial charge in [0.05, 0.1) is 0 Å². The Kier molecular flexibility index (Phi) is 3.44. The predicted molar refractivity (Wildman–Crippen MR) is 101 cm³/mol. The maximum absolute atomic E-state index is 4.38. The first-order valence-corrected chi connectivity index (χ1v) is 7.95. The van der Waals surface area contributed by atoms with Crippen LogP contribution >= 0.6 is 0 Å².